The van der Waals surface area contributed by atoms with Crippen molar-refractivity contribution in [2.45, 2.75) is 0 Å². The minimum absolute atomic E-state index is 0.414. The van der Waals surface area contributed by atoms with E-state index < -0.39 is 0 Å². The zero-order chi connectivity index (χ0) is 9.26. The summed E-state index contributed by atoms with van der Waals surface area (Å²) in [6.07, 6.45) is 1.72. The van der Waals surface area contributed by atoms with Crippen molar-refractivity contribution in [3.63, 3.8) is 0 Å². The summed E-state index contributed by atoms with van der Waals surface area (Å²) in [5.41, 5.74) is 1.83. The number of hydrogen-bond donors (Lipinski definition) is 0. The zero-order valence-electron chi connectivity index (χ0n) is 7.10. The first-order valence-electron chi connectivity index (χ1n) is 3.82. The zero-order valence-corrected chi connectivity index (χ0v) is 7.10. The maximum Gasteiger partial charge on any atom is 0.298 e. The van der Waals surface area contributed by atoms with E-state index in [-0.39, 0.29) is 0 Å². The summed E-state index contributed by atoms with van der Waals surface area (Å²) in [4.78, 5) is 14.2. The Balaban J connectivity index is 2.58. The lowest BCUT2D eigenvalue weighted by atomic mass is 10.3. The smallest absolute Gasteiger partial charge is 0.298 e. The van der Waals surface area contributed by atoms with E-state index in [1.165, 1.54) is 0 Å². The van der Waals surface area contributed by atoms with Crippen LogP contribution in [0.15, 0.2) is 24.5 Å². The molecule has 0 aliphatic carbocycles. The van der Waals surface area contributed by atoms with Gasteiger partial charge in [-0.1, -0.05) is 0 Å². The molecule has 0 aliphatic heterocycles. The normalized spacial score (nSPS) is 10.2. The van der Waals surface area contributed by atoms with Crippen molar-refractivity contribution in [1.82, 2.24) is 9.55 Å². The van der Waals surface area contributed by atoms with Crippen molar-refractivity contribution in [3.8, 4) is 5.75 Å². The van der Waals surface area contributed by atoms with E-state index in [1.54, 1.807) is 18.5 Å². The van der Waals surface area contributed by atoms with Crippen LogP contribution in [0.5, 0.6) is 5.75 Å². The summed E-state index contributed by atoms with van der Waals surface area (Å²) in [5, 5.41) is 0. The molecule has 1 aromatic carbocycles. The van der Waals surface area contributed by atoms with E-state index in [9.17, 15) is 4.79 Å². The number of nitrogens with zero attached hydrogens (tertiary/aromatic N) is 2. The van der Waals surface area contributed by atoms with Crippen molar-refractivity contribution in [2.75, 3.05) is 0 Å². The third-order valence-corrected chi connectivity index (χ3v) is 1.88. The van der Waals surface area contributed by atoms with Crippen molar-refractivity contribution in [1.29, 1.82) is 0 Å². The Bertz CT molecular complexity index is 448. The summed E-state index contributed by atoms with van der Waals surface area (Å²) < 4.78 is 6.58. The fourth-order valence-electron chi connectivity index (χ4n) is 1.23. The molecule has 0 N–H and O–H groups in total. The topological polar surface area (TPSA) is 44.1 Å². The van der Waals surface area contributed by atoms with Crippen LogP contribution in [0.3, 0.4) is 0 Å². The Hall–Kier alpha value is -1.84. The van der Waals surface area contributed by atoms with E-state index in [4.69, 9.17) is 4.74 Å². The SMILES string of the molecule is Cn1cnc2ccc(OC=O)cc21. The largest absolute Gasteiger partial charge is 0.429 e. The molecule has 1 aromatic heterocycles. The number of imidazole rings is 1. The highest BCUT2D eigenvalue weighted by Crippen LogP contribution is 2.18. The van der Waals surface area contributed by atoms with E-state index in [0.717, 1.165) is 11.0 Å². The molecule has 0 fully saturated rings. The maximum absolute atomic E-state index is 10.1. The van der Waals surface area contributed by atoms with Crippen molar-refractivity contribution in [2.24, 2.45) is 7.05 Å². The van der Waals surface area contributed by atoms with Crippen LogP contribution in [0.1, 0.15) is 0 Å². The number of ether oxygens (including phenoxy) is 1. The molecule has 0 saturated carbocycles. The standard InChI is InChI=1S/C9H8N2O2/c1-11-5-10-8-3-2-7(13-6-12)4-9(8)11/h2-6H,1H3. The van der Waals surface area contributed by atoms with Gasteiger partial charge in [-0.05, 0) is 12.1 Å². The van der Waals surface area contributed by atoms with E-state index >= 15 is 0 Å². The quantitative estimate of drug-likeness (QED) is 0.644. The summed E-state index contributed by atoms with van der Waals surface area (Å²) in [6, 6.07) is 5.30. The minimum Gasteiger partial charge on any atom is -0.429 e. The molecular formula is C9H8N2O2. The number of carbonyl (C=O) groups excluding carboxylic acids is 1. The van der Waals surface area contributed by atoms with Crippen LogP contribution in [0.2, 0.25) is 0 Å². The lowest BCUT2D eigenvalue weighted by molar-refractivity contribution is -0.120. The Labute approximate surface area is 74.8 Å². The second kappa shape index (κ2) is 2.90. The van der Waals surface area contributed by atoms with Crippen molar-refractivity contribution in [3.05, 3.63) is 24.5 Å². The summed E-state index contributed by atoms with van der Waals surface area (Å²) >= 11 is 0. The van der Waals surface area contributed by atoms with E-state index in [2.05, 4.69) is 4.98 Å². The van der Waals surface area contributed by atoms with Gasteiger partial charge in [-0.2, -0.15) is 0 Å². The Morgan fingerprint density at radius 2 is 2.38 bits per heavy atom. The van der Waals surface area contributed by atoms with Crippen LogP contribution < -0.4 is 4.74 Å². The van der Waals surface area contributed by atoms with Gasteiger partial charge in [-0.25, -0.2) is 4.98 Å². The second-order valence-corrected chi connectivity index (χ2v) is 2.72. The molecule has 4 nitrogen and oxygen atoms in total. The summed E-state index contributed by atoms with van der Waals surface area (Å²) in [5.74, 6) is 0.533. The third kappa shape index (κ3) is 1.26. The van der Waals surface area contributed by atoms with Crippen LogP contribution in [0.25, 0.3) is 11.0 Å². The fraction of sp³-hybridized carbons (Fsp3) is 0.111. The van der Waals surface area contributed by atoms with Gasteiger partial charge in [0, 0.05) is 13.1 Å². The molecule has 13 heavy (non-hydrogen) atoms. The highest BCUT2D eigenvalue weighted by molar-refractivity contribution is 5.77. The van der Waals surface area contributed by atoms with Crippen LogP contribution in [0.4, 0.5) is 0 Å². The highest BCUT2D eigenvalue weighted by Gasteiger charge is 2.00. The van der Waals surface area contributed by atoms with Gasteiger partial charge >= 0.3 is 0 Å². The number of benzene rings is 1. The number of aryl methyl sites for hydroxylation is 1. The number of hydrogen-bond acceptors (Lipinski definition) is 3. The molecule has 0 spiro atoms. The molecule has 0 radical (unpaired) electrons. The monoisotopic (exact) mass is 176 g/mol. The molecule has 0 bridgehead atoms. The van der Waals surface area contributed by atoms with E-state index in [1.807, 2.05) is 17.7 Å². The van der Waals surface area contributed by atoms with Gasteiger partial charge in [0.1, 0.15) is 5.75 Å². The van der Waals surface area contributed by atoms with Crippen molar-refractivity contribution < 1.29 is 9.53 Å². The molecule has 4 heteroatoms. The minimum atomic E-state index is 0.414. The number of carbonyl (C=O) groups is 1. The molecular weight excluding hydrogens is 168 g/mol. The maximum atomic E-state index is 10.1. The molecule has 2 aromatic rings. The first kappa shape index (κ1) is 7.79. The number of rotatable bonds is 2. The molecule has 0 amide bonds. The summed E-state index contributed by atoms with van der Waals surface area (Å²) in [6.45, 7) is 0.414. The van der Waals surface area contributed by atoms with Crippen molar-refractivity contribution >= 4 is 17.5 Å². The summed E-state index contributed by atoms with van der Waals surface area (Å²) in [7, 11) is 1.89. The Kier molecular flexibility index (Phi) is 1.73. The predicted octanol–water partition coefficient (Wildman–Crippen LogP) is 1.11. The average Bonchev–Trinajstić information content (AvgIpc) is 2.49. The molecule has 66 valence electrons. The molecule has 0 saturated heterocycles. The van der Waals surface area contributed by atoms with Gasteiger partial charge in [0.05, 0.1) is 17.4 Å². The molecule has 0 aliphatic rings. The van der Waals surface area contributed by atoms with Gasteiger partial charge in [-0.3, -0.25) is 4.79 Å². The first-order valence-corrected chi connectivity index (χ1v) is 3.82. The molecule has 0 atom stereocenters. The van der Waals surface area contributed by atoms with Crippen LogP contribution >= 0.6 is 0 Å². The Morgan fingerprint density at radius 1 is 1.54 bits per heavy atom. The van der Waals surface area contributed by atoms with Crippen LogP contribution in [-0.2, 0) is 11.8 Å². The second-order valence-electron chi connectivity index (χ2n) is 2.72. The molecule has 2 rings (SSSR count). The van der Waals surface area contributed by atoms with E-state index in [0.29, 0.717) is 12.2 Å². The highest BCUT2D eigenvalue weighted by atomic mass is 16.5. The molecule has 1 heterocycles. The lowest BCUT2D eigenvalue weighted by Crippen LogP contribution is -1.89. The molecule has 0 unspecified atom stereocenters. The van der Waals surface area contributed by atoms with Gasteiger partial charge in [-0.15, -0.1) is 0 Å². The van der Waals surface area contributed by atoms with Gasteiger partial charge in [0.2, 0.25) is 0 Å². The third-order valence-electron chi connectivity index (χ3n) is 1.88. The van der Waals surface area contributed by atoms with Gasteiger partial charge in [0.25, 0.3) is 6.47 Å². The number of aromatic nitrogens is 2. The average molecular weight is 176 g/mol. The van der Waals surface area contributed by atoms with Gasteiger partial charge in [0.15, 0.2) is 0 Å². The van der Waals surface area contributed by atoms with Gasteiger partial charge < -0.3 is 9.30 Å². The van der Waals surface area contributed by atoms with Crippen LogP contribution in [-0.4, -0.2) is 16.0 Å². The predicted molar refractivity (Wildman–Crippen MR) is 47.4 cm³/mol. The number of fused-ring (bicyclic) bond motifs is 1. The first-order chi connectivity index (χ1) is 6.31. The Morgan fingerprint density at radius 3 is 3.15 bits per heavy atom. The fourth-order valence-corrected chi connectivity index (χ4v) is 1.23. The lowest BCUT2D eigenvalue weighted by Gasteiger charge is -1.98. The van der Waals surface area contributed by atoms with Crippen LogP contribution in [0, 0.1) is 0 Å².